The highest BCUT2D eigenvalue weighted by Crippen LogP contribution is 2.20. The standard InChI is InChI=1S/C12H19ClN4/c1-3-17-6-4-5-10(17)7-15-12-11(13)8-14-9(2)16-12/h8,10H,3-7H2,1-2H3,(H,14,15,16). The van der Waals surface area contributed by atoms with Gasteiger partial charge in [-0.1, -0.05) is 18.5 Å². The van der Waals surface area contributed by atoms with Gasteiger partial charge in [-0.3, -0.25) is 4.90 Å². The first-order valence-electron chi connectivity index (χ1n) is 6.17. The van der Waals surface area contributed by atoms with Crippen LogP contribution >= 0.6 is 11.6 Å². The molecule has 0 aliphatic carbocycles. The molecular weight excluding hydrogens is 236 g/mol. The van der Waals surface area contributed by atoms with E-state index >= 15 is 0 Å². The van der Waals surface area contributed by atoms with Crippen LogP contribution in [-0.2, 0) is 0 Å². The Hall–Kier alpha value is -0.870. The lowest BCUT2D eigenvalue weighted by molar-refractivity contribution is 0.277. The van der Waals surface area contributed by atoms with Gasteiger partial charge in [0.2, 0.25) is 0 Å². The molecule has 0 saturated carbocycles. The molecule has 1 aromatic rings. The molecule has 1 atom stereocenters. The fourth-order valence-electron chi connectivity index (χ4n) is 2.34. The molecular formula is C12H19ClN4. The van der Waals surface area contributed by atoms with Crippen molar-refractivity contribution in [1.29, 1.82) is 0 Å². The van der Waals surface area contributed by atoms with E-state index in [0.717, 1.165) is 24.7 Å². The Morgan fingerprint density at radius 2 is 2.41 bits per heavy atom. The maximum absolute atomic E-state index is 6.05. The number of nitrogens with zero attached hydrogens (tertiary/aromatic N) is 3. The van der Waals surface area contributed by atoms with Gasteiger partial charge in [-0.2, -0.15) is 0 Å². The summed E-state index contributed by atoms with van der Waals surface area (Å²) in [6.07, 6.45) is 4.19. The van der Waals surface area contributed by atoms with Gasteiger partial charge in [0.15, 0.2) is 0 Å². The zero-order valence-corrected chi connectivity index (χ0v) is 11.2. The molecule has 1 aliphatic heterocycles. The minimum atomic E-state index is 0.594. The van der Waals surface area contributed by atoms with Crippen LogP contribution in [0.25, 0.3) is 0 Å². The van der Waals surface area contributed by atoms with Crippen molar-refractivity contribution in [3.63, 3.8) is 0 Å². The molecule has 1 aliphatic rings. The molecule has 1 N–H and O–H groups in total. The third-order valence-electron chi connectivity index (χ3n) is 3.27. The van der Waals surface area contributed by atoms with E-state index in [4.69, 9.17) is 11.6 Å². The highest BCUT2D eigenvalue weighted by Gasteiger charge is 2.22. The normalized spacial score (nSPS) is 20.8. The van der Waals surface area contributed by atoms with Crippen molar-refractivity contribution in [3.8, 4) is 0 Å². The number of likely N-dealkylation sites (tertiary alicyclic amines) is 1. The number of halogens is 1. The quantitative estimate of drug-likeness (QED) is 0.896. The maximum Gasteiger partial charge on any atom is 0.148 e. The van der Waals surface area contributed by atoms with Crippen LogP contribution in [0.4, 0.5) is 5.82 Å². The molecule has 1 aromatic heterocycles. The molecule has 2 heterocycles. The molecule has 94 valence electrons. The summed E-state index contributed by atoms with van der Waals surface area (Å²) in [7, 11) is 0. The van der Waals surface area contributed by atoms with E-state index in [0.29, 0.717) is 11.1 Å². The van der Waals surface area contributed by atoms with E-state index in [-0.39, 0.29) is 0 Å². The first-order chi connectivity index (χ1) is 8.20. The van der Waals surface area contributed by atoms with Gasteiger partial charge in [-0.15, -0.1) is 0 Å². The predicted molar refractivity (Wildman–Crippen MR) is 70.5 cm³/mol. The van der Waals surface area contributed by atoms with Crippen LogP contribution in [0.5, 0.6) is 0 Å². The maximum atomic E-state index is 6.05. The fourth-order valence-corrected chi connectivity index (χ4v) is 2.49. The van der Waals surface area contributed by atoms with Crippen molar-refractivity contribution < 1.29 is 0 Å². The van der Waals surface area contributed by atoms with E-state index in [1.807, 2.05) is 6.92 Å². The third kappa shape index (κ3) is 3.07. The Morgan fingerprint density at radius 3 is 3.18 bits per heavy atom. The SMILES string of the molecule is CCN1CCCC1CNc1nc(C)ncc1Cl. The van der Waals surface area contributed by atoms with Crippen molar-refractivity contribution in [2.45, 2.75) is 32.7 Å². The molecule has 0 amide bonds. The number of nitrogens with one attached hydrogen (secondary N) is 1. The van der Waals surface area contributed by atoms with Gasteiger partial charge in [0.25, 0.3) is 0 Å². The minimum absolute atomic E-state index is 0.594. The molecule has 5 heteroatoms. The number of aromatic nitrogens is 2. The van der Waals surface area contributed by atoms with Crippen molar-refractivity contribution in [2.24, 2.45) is 0 Å². The third-order valence-corrected chi connectivity index (χ3v) is 3.55. The Labute approximate surface area is 107 Å². The second kappa shape index (κ2) is 5.65. The van der Waals surface area contributed by atoms with Gasteiger partial charge in [0, 0.05) is 12.6 Å². The number of hydrogen-bond acceptors (Lipinski definition) is 4. The summed E-state index contributed by atoms with van der Waals surface area (Å²) in [5.41, 5.74) is 0. The van der Waals surface area contributed by atoms with E-state index in [1.54, 1.807) is 6.20 Å². The average Bonchev–Trinajstić information content (AvgIpc) is 2.77. The Bertz CT molecular complexity index is 383. The summed E-state index contributed by atoms with van der Waals surface area (Å²) in [4.78, 5) is 10.9. The molecule has 1 saturated heterocycles. The van der Waals surface area contributed by atoms with Gasteiger partial charge in [-0.05, 0) is 32.9 Å². The lowest BCUT2D eigenvalue weighted by Crippen LogP contribution is -2.34. The van der Waals surface area contributed by atoms with Crippen molar-refractivity contribution in [2.75, 3.05) is 25.0 Å². The second-order valence-corrected chi connectivity index (χ2v) is 4.83. The largest absolute Gasteiger partial charge is 0.367 e. The van der Waals surface area contributed by atoms with Crippen LogP contribution in [0.1, 0.15) is 25.6 Å². The highest BCUT2D eigenvalue weighted by molar-refractivity contribution is 6.32. The number of rotatable bonds is 4. The monoisotopic (exact) mass is 254 g/mol. The summed E-state index contributed by atoms with van der Waals surface area (Å²) in [5, 5.41) is 3.93. The molecule has 1 fully saturated rings. The van der Waals surface area contributed by atoms with Gasteiger partial charge in [0.1, 0.15) is 16.7 Å². The van der Waals surface area contributed by atoms with Gasteiger partial charge < -0.3 is 5.32 Å². The summed E-state index contributed by atoms with van der Waals surface area (Å²) in [6.45, 7) is 7.31. The van der Waals surface area contributed by atoms with Crippen LogP contribution in [0.3, 0.4) is 0 Å². The lowest BCUT2D eigenvalue weighted by atomic mass is 10.2. The van der Waals surface area contributed by atoms with Crippen LogP contribution in [0.15, 0.2) is 6.20 Å². The van der Waals surface area contributed by atoms with Gasteiger partial charge >= 0.3 is 0 Å². The molecule has 17 heavy (non-hydrogen) atoms. The predicted octanol–water partition coefficient (Wildman–Crippen LogP) is 2.33. The number of aryl methyl sites for hydroxylation is 1. The smallest absolute Gasteiger partial charge is 0.148 e. The van der Waals surface area contributed by atoms with Gasteiger partial charge in [-0.25, -0.2) is 9.97 Å². The molecule has 1 unspecified atom stereocenters. The molecule has 0 radical (unpaired) electrons. The number of likely N-dealkylation sites (N-methyl/N-ethyl adjacent to an activating group) is 1. The zero-order chi connectivity index (χ0) is 12.3. The van der Waals surface area contributed by atoms with E-state index < -0.39 is 0 Å². The van der Waals surface area contributed by atoms with Crippen molar-refractivity contribution in [3.05, 3.63) is 17.0 Å². The summed E-state index contributed by atoms with van der Waals surface area (Å²) < 4.78 is 0. The van der Waals surface area contributed by atoms with Crippen LogP contribution < -0.4 is 5.32 Å². The summed E-state index contributed by atoms with van der Waals surface area (Å²) in [6, 6.07) is 0.603. The molecule has 0 aromatic carbocycles. The number of hydrogen-bond donors (Lipinski definition) is 1. The molecule has 0 bridgehead atoms. The average molecular weight is 255 g/mol. The van der Waals surface area contributed by atoms with Crippen LogP contribution in [0, 0.1) is 6.92 Å². The number of anilines is 1. The van der Waals surface area contributed by atoms with E-state index in [2.05, 4.69) is 27.1 Å². The summed E-state index contributed by atoms with van der Waals surface area (Å²) in [5.74, 6) is 1.50. The Kier molecular flexibility index (Phi) is 4.18. The first kappa shape index (κ1) is 12.6. The van der Waals surface area contributed by atoms with Crippen LogP contribution in [0.2, 0.25) is 5.02 Å². The van der Waals surface area contributed by atoms with Crippen molar-refractivity contribution >= 4 is 17.4 Å². The van der Waals surface area contributed by atoms with Crippen molar-refractivity contribution in [1.82, 2.24) is 14.9 Å². The zero-order valence-electron chi connectivity index (χ0n) is 10.4. The Morgan fingerprint density at radius 1 is 1.59 bits per heavy atom. The second-order valence-electron chi connectivity index (χ2n) is 4.42. The van der Waals surface area contributed by atoms with Gasteiger partial charge in [0.05, 0.1) is 6.20 Å². The molecule has 0 spiro atoms. The van der Waals surface area contributed by atoms with Crippen LogP contribution in [-0.4, -0.2) is 40.5 Å². The Balaban J connectivity index is 1.95. The fraction of sp³-hybridized carbons (Fsp3) is 0.667. The molecule has 4 nitrogen and oxygen atoms in total. The van der Waals surface area contributed by atoms with E-state index in [1.165, 1.54) is 19.4 Å². The highest BCUT2D eigenvalue weighted by atomic mass is 35.5. The first-order valence-corrected chi connectivity index (χ1v) is 6.55. The van der Waals surface area contributed by atoms with E-state index in [9.17, 15) is 0 Å². The topological polar surface area (TPSA) is 41.0 Å². The lowest BCUT2D eigenvalue weighted by Gasteiger charge is -2.23. The summed E-state index contributed by atoms with van der Waals surface area (Å²) >= 11 is 6.05. The molecule has 2 rings (SSSR count). The minimum Gasteiger partial charge on any atom is -0.367 e.